The third-order valence-electron chi connectivity index (χ3n) is 1.24. The SMILES string of the molecule is Br.Br.[B]c1c(F)c(F)c(F)c(F)c1F. The van der Waals surface area contributed by atoms with Crippen molar-refractivity contribution in [1.82, 2.24) is 0 Å². The van der Waals surface area contributed by atoms with Crippen molar-refractivity contribution in [2.45, 2.75) is 0 Å². The molecular weight excluding hydrogens is 338 g/mol. The van der Waals surface area contributed by atoms with Crippen LogP contribution in [0.4, 0.5) is 22.0 Å². The van der Waals surface area contributed by atoms with Crippen LogP contribution in [0.1, 0.15) is 0 Å². The fourth-order valence-corrected chi connectivity index (χ4v) is 0.622. The summed E-state index contributed by atoms with van der Waals surface area (Å²) in [6.45, 7) is 0. The van der Waals surface area contributed by atoms with Gasteiger partial charge in [0.2, 0.25) is 0 Å². The molecule has 0 amide bonds. The van der Waals surface area contributed by atoms with E-state index in [1.54, 1.807) is 0 Å². The molecule has 1 aromatic carbocycles. The molecule has 1 rings (SSSR count). The summed E-state index contributed by atoms with van der Waals surface area (Å²) in [7, 11) is 4.56. The molecule has 0 spiro atoms. The zero-order chi connectivity index (χ0) is 9.46. The van der Waals surface area contributed by atoms with Crippen LogP contribution < -0.4 is 5.46 Å². The van der Waals surface area contributed by atoms with Crippen LogP contribution >= 0.6 is 34.0 Å². The average molecular weight is 340 g/mol. The quantitative estimate of drug-likeness (QED) is 0.294. The molecule has 0 N–H and O–H groups in total. The van der Waals surface area contributed by atoms with E-state index in [2.05, 4.69) is 7.85 Å². The largest absolute Gasteiger partial charge is 0.204 e. The summed E-state index contributed by atoms with van der Waals surface area (Å²) in [5.74, 6) is -10.3. The van der Waals surface area contributed by atoms with Crippen molar-refractivity contribution in [2.24, 2.45) is 0 Å². The Balaban J connectivity index is 0. The molecule has 0 saturated heterocycles. The third-order valence-corrected chi connectivity index (χ3v) is 1.24. The third kappa shape index (κ3) is 2.47. The van der Waals surface area contributed by atoms with E-state index >= 15 is 0 Å². The molecule has 78 valence electrons. The Kier molecular flexibility index (Phi) is 6.65. The number of hydrogen-bond acceptors (Lipinski definition) is 0. The highest BCUT2D eigenvalue weighted by Crippen LogP contribution is 2.14. The van der Waals surface area contributed by atoms with Crippen LogP contribution in [0.5, 0.6) is 0 Å². The lowest BCUT2D eigenvalue weighted by atomic mass is 9.94. The first-order valence-corrected chi connectivity index (χ1v) is 2.73. The molecular formula is C6H2BBr2F5. The molecule has 0 aliphatic carbocycles. The molecule has 2 radical (unpaired) electrons. The molecule has 8 heteroatoms. The number of benzene rings is 1. The van der Waals surface area contributed by atoms with Crippen molar-refractivity contribution in [3.05, 3.63) is 29.1 Å². The Morgan fingerprint density at radius 1 is 0.571 bits per heavy atom. The van der Waals surface area contributed by atoms with Gasteiger partial charge in [0, 0.05) is 0 Å². The highest BCUT2D eigenvalue weighted by molar-refractivity contribution is 8.93. The maximum Gasteiger partial charge on any atom is 0.200 e. The normalized spacial score (nSPS) is 8.93. The van der Waals surface area contributed by atoms with Gasteiger partial charge in [-0.25, -0.2) is 22.0 Å². The molecule has 0 aliphatic heterocycles. The number of hydrogen-bond donors (Lipinski definition) is 0. The maximum absolute atomic E-state index is 12.3. The van der Waals surface area contributed by atoms with Crippen molar-refractivity contribution in [3.8, 4) is 0 Å². The minimum atomic E-state index is -2.21. The van der Waals surface area contributed by atoms with E-state index in [-0.39, 0.29) is 34.0 Å². The second-order valence-electron chi connectivity index (χ2n) is 1.98. The fraction of sp³-hybridized carbons (Fsp3) is 0. The van der Waals surface area contributed by atoms with Crippen LogP contribution in [-0.2, 0) is 0 Å². The summed E-state index contributed by atoms with van der Waals surface area (Å²) in [5.41, 5.74) is -1.37. The monoisotopic (exact) mass is 338 g/mol. The molecule has 0 heterocycles. The van der Waals surface area contributed by atoms with Crippen LogP contribution in [0.25, 0.3) is 0 Å². The summed E-state index contributed by atoms with van der Waals surface area (Å²) in [6, 6.07) is 0. The van der Waals surface area contributed by atoms with Crippen molar-refractivity contribution >= 4 is 47.3 Å². The fourth-order valence-electron chi connectivity index (χ4n) is 0.622. The molecule has 0 unspecified atom stereocenters. The molecule has 0 nitrogen and oxygen atoms in total. The van der Waals surface area contributed by atoms with Gasteiger partial charge in [0.05, 0.1) is 0 Å². The van der Waals surface area contributed by atoms with Gasteiger partial charge < -0.3 is 0 Å². The Bertz CT molecular complexity index is 238. The van der Waals surface area contributed by atoms with Crippen LogP contribution in [0.2, 0.25) is 0 Å². The van der Waals surface area contributed by atoms with Gasteiger partial charge in [-0.1, -0.05) is 0 Å². The van der Waals surface area contributed by atoms with Gasteiger partial charge in [-0.2, -0.15) is 0 Å². The van der Waals surface area contributed by atoms with Gasteiger partial charge in [0.15, 0.2) is 29.1 Å². The van der Waals surface area contributed by atoms with Crippen LogP contribution in [0, 0.1) is 29.1 Å². The number of rotatable bonds is 0. The molecule has 0 fully saturated rings. The van der Waals surface area contributed by atoms with E-state index in [4.69, 9.17) is 0 Å². The van der Waals surface area contributed by atoms with Crippen molar-refractivity contribution in [3.63, 3.8) is 0 Å². The predicted octanol–water partition coefficient (Wildman–Crippen LogP) is 2.33. The molecule has 0 atom stereocenters. The van der Waals surface area contributed by atoms with E-state index < -0.39 is 34.5 Å². The Morgan fingerprint density at radius 3 is 1.07 bits per heavy atom. The molecule has 14 heavy (non-hydrogen) atoms. The first kappa shape index (κ1) is 16.3. The molecule has 0 bridgehead atoms. The lowest BCUT2D eigenvalue weighted by Gasteiger charge is -2.02. The predicted molar refractivity (Wildman–Crippen MR) is 52.3 cm³/mol. The molecule has 1 aromatic rings. The topological polar surface area (TPSA) is 0 Å². The lowest BCUT2D eigenvalue weighted by Crippen LogP contribution is -2.20. The molecule has 0 aromatic heterocycles. The smallest absolute Gasteiger partial charge is 0.200 e. The van der Waals surface area contributed by atoms with E-state index in [9.17, 15) is 22.0 Å². The first-order chi connectivity index (χ1) is 5.46. The van der Waals surface area contributed by atoms with E-state index in [1.165, 1.54) is 0 Å². The average Bonchev–Trinajstić information content (AvgIpc) is 2.08. The van der Waals surface area contributed by atoms with Crippen LogP contribution in [-0.4, -0.2) is 7.85 Å². The highest BCUT2D eigenvalue weighted by Gasteiger charge is 2.22. The molecule has 0 aliphatic rings. The van der Waals surface area contributed by atoms with Crippen molar-refractivity contribution < 1.29 is 22.0 Å². The van der Waals surface area contributed by atoms with Crippen LogP contribution in [0.3, 0.4) is 0 Å². The van der Waals surface area contributed by atoms with Crippen molar-refractivity contribution in [2.75, 3.05) is 0 Å². The van der Waals surface area contributed by atoms with Gasteiger partial charge in [0.1, 0.15) is 7.85 Å². The lowest BCUT2D eigenvalue weighted by molar-refractivity contribution is 0.384. The Morgan fingerprint density at radius 2 is 0.786 bits per heavy atom. The Hall–Kier alpha value is -0.105. The van der Waals surface area contributed by atoms with Gasteiger partial charge in [-0.05, 0) is 5.46 Å². The van der Waals surface area contributed by atoms with Gasteiger partial charge in [-0.3, -0.25) is 0 Å². The summed E-state index contributed by atoms with van der Waals surface area (Å²) < 4.78 is 61.1. The highest BCUT2D eigenvalue weighted by atomic mass is 79.9. The van der Waals surface area contributed by atoms with Gasteiger partial charge in [-0.15, -0.1) is 34.0 Å². The molecule has 0 saturated carbocycles. The summed E-state index contributed by atoms with van der Waals surface area (Å²) in [6.07, 6.45) is 0. The number of halogens is 7. The minimum absolute atomic E-state index is 0. The minimum Gasteiger partial charge on any atom is -0.204 e. The van der Waals surface area contributed by atoms with E-state index in [0.29, 0.717) is 0 Å². The van der Waals surface area contributed by atoms with E-state index in [0.717, 1.165) is 0 Å². The second-order valence-corrected chi connectivity index (χ2v) is 1.98. The van der Waals surface area contributed by atoms with Crippen molar-refractivity contribution in [1.29, 1.82) is 0 Å². The summed E-state index contributed by atoms with van der Waals surface area (Å²) in [4.78, 5) is 0. The Labute approximate surface area is 98.4 Å². The maximum atomic E-state index is 12.3. The van der Waals surface area contributed by atoms with Gasteiger partial charge in [0.25, 0.3) is 0 Å². The zero-order valence-corrected chi connectivity index (χ0v) is 9.71. The summed E-state index contributed by atoms with van der Waals surface area (Å²) >= 11 is 0. The first-order valence-electron chi connectivity index (χ1n) is 2.73. The standard InChI is InChI=1S/C6BF5.2BrH/c7-1-2(8)4(10)6(12)5(11)3(1)9;;/h;2*1H. The van der Waals surface area contributed by atoms with Crippen LogP contribution in [0.15, 0.2) is 0 Å². The van der Waals surface area contributed by atoms with Gasteiger partial charge >= 0.3 is 0 Å². The van der Waals surface area contributed by atoms with E-state index in [1.807, 2.05) is 0 Å². The second kappa shape index (κ2) is 5.70. The zero-order valence-electron chi connectivity index (χ0n) is 6.28. The summed E-state index contributed by atoms with van der Waals surface area (Å²) in [5, 5.41) is 0.